The van der Waals surface area contributed by atoms with E-state index < -0.39 is 0 Å². The van der Waals surface area contributed by atoms with Crippen LogP contribution in [0.15, 0.2) is 40.9 Å². The van der Waals surface area contributed by atoms with E-state index in [9.17, 15) is 4.39 Å². The maximum atomic E-state index is 15.3. The van der Waals surface area contributed by atoms with E-state index >= 15 is 4.39 Å². The number of hydrogen-bond donors (Lipinski definition) is 2. The van der Waals surface area contributed by atoms with Crippen LogP contribution in [0.5, 0.6) is 0 Å². The summed E-state index contributed by atoms with van der Waals surface area (Å²) in [5.74, 6) is 0.410. The minimum absolute atomic E-state index is 0.0626. The molecule has 1 fully saturated rings. The van der Waals surface area contributed by atoms with E-state index in [0.717, 1.165) is 25.1 Å². The Bertz CT molecular complexity index is 1150. The van der Waals surface area contributed by atoms with Crippen molar-refractivity contribution in [3.8, 4) is 0 Å². The molecule has 0 spiro atoms. The number of rotatable bonds is 7. The molecule has 2 N–H and O–H groups in total. The number of thioether (sulfide) groups is 1. The van der Waals surface area contributed by atoms with Crippen LogP contribution in [0.1, 0.15) is 58.7 Å². The molecule has 0 aliphatic carbocycles. The molecule has 2 unspecified atom stereocenters. The number of benzene rings is 1. The average molecular weight is 550 g/mol. The molecule has 2 aliphatic heterocycles. The Morgan fingerprint density at radius 2 is 2.00 bits per heavy atom. The molecule has 2 aromatic rings. The van der Waals surface area contributed by atoms with Crippen molar-refractivity contribution in [3.63, 3.8) is 0 Å². The first-order chi connectivity index (χ1) is 17.5. The number of nitrogens with zero attached hydrogens (tertiary/aromatic N) is 3. The van der Waals surface area contributed by atoms with Crippen LogP contribution in [0.3, 0.4) is 0 Å². The van der Waals surface area contributed by atoms with Gasteiger partial charge in [-0.1, -0.05) is 23.7 Å². The number of hydrogen-bond acceptors (Lipinski definition) is 6. The molecule has 0 bridgehead atoms. The summed E-state index contributed by atoms with van der Waals surface area (Å²) in [4.78, 5) is 7.60. The van der Waals surface area contributed by atoms with Gasteiger partial charge in [0, 0.05) is 34.3 Å². The molecule has 3 atom stereocenters. The lowest BCUT2D eigenvalue weighted by molar-refractivity contribution is 0.113. The van der Waals surface area contributed by atoms with Gasteiger partial charge in [0.1, 0.15) is 17.8 Å². The van der Waals surface area contributed by atoms with E-state index in [1.54, 1.807) is 24.3 Å². The molecule has 1 aromatic carbocycles. The SMILES string of the molecule is CSc1cc(NC2C=C(C)N(C(C)(C)C)N2)nc(CC2CCN(Cc3cccc(Cl)c3F)[C@H](C)C2)c1F. The van der Waals surface area contributed by atoms with Gasteiger partial charge >= 0.3 is 0 Å². The van der Waals surface area contributed by atoms with Gasteiger partial charge in [-0.3, -0.25) is 4.90 Å². The van der Waals surface area contributed by atoms with Crippen molar-refractivity contribution in [2.45, 2.75) is 83.1 Å². The van der Waals surface area contributed by atoms with Gasteiger partial charge in [-0.2, -0.15) is 0 Å². The minimum Gasteiger partial charge on any atom is -0.350 e. The molecular weight excluding hydrogens is 512 g/mol. The van der Waals surface area contributed by atoms with Crippen molar-refractivity contribution >= 4 is 29.2 Å². The van der Waals surface area contributed by atoms with Gasteiger partial charge in [0.2, 0.25) is 0 Å². The Kier molecular flexibility index (Phi) is 8.73. The third kappa shape index (κ3) is 6.59. The number of nitrogens with one attached hydrogen (secondary N) is 2. The van der Waals surface area contributed by atoms with E-state index in [-0.39, 0.29) is 34.4 Å². The quantitative estimate of drug-likeness (QED) is 0.369. The zero-order valence-corrected chi connectivity index (χ0v) is 24.1. The maximum absolute atomic E-state index is 15.3. The summed E-state index contributed by atoms with van der Waals surface area (Å²) in [6.07, 6.45) is 6.29. The van der Waals surface area contributed by atoms with Gasteiger partial charge in [0.15, 0.2) is 5.82 Å². The Morgan fingerprint density at radius 1 is 1.24 bits per heavy atom. The molecule has 1 aromatic heterocycles. The van der Waals surface area contributed by atoms with Gasteiger partial charge < -0.3 is 10.3 Å². The molecule has 2 aliphatic rings. The highest BCUT2D eigenvalue weighted by Gasteiger charge is 2.30. The Hall–Kier alpha value is -1.87. The van der Waals surface area contributed by atoms with Gasteiger partial charge in [-0.15, -0.1) is 11.8 Å². The van der Waals surface area contributed by atoms with Crippen LogP contribution in [-0.4, -0.2) is 45.4 Å². The average Bonchev–Trinajstić information content (AvgIpc) is 3.21. The highest BCUT2D eigenvalue weighted by atomic mass is 35.5. The Balaban J connectivity index is 1.43. The van der Waals surface area contributed by atoms with E-state index in [0.29, 0.717) is 40.9 Å². The fraction of sp³-hybridized carbons (Fsp3) is 0.536. The van der Waals surface area contributed by atoms with Crippen LogP contribution >= 0.6 is 23.4 Å². The summed E-state index contributed by atoms with van der Waals surface area (Å²) in [7, 11) is 0. The molecular formula is C28H38ClF2N5S. The van der Waals surface area contributed by atoms with Crippen molar-refractivity contribution in [1.29, 1.82) is 0 Å². The van der Waals surface area contributed by atoms with Gasteiger partial charge in [0.05, 0.1) is 10.7 Å². The zero-order valence-electron chi connectivity index (χ0n) is 22.5. The number of likely N-dealkylation sites (tertiary alicyclic amines) is 1. The Labute approximate surface area is 229 Å². The first-order valence-corrected chi connectivity index (χ1v) is 14.5. The second-order valence-corrected chi connectivity index (χ2v) is 12.4. The molecule has 4 rings (SSSR count). The second kappa shape index (κ2) is 11.5. The van der Waals surface area contributed by atoms with Gasteiger partial charge in [-0.05, 0) is 90.8 Å². The number of allylic oxidation sites excluding steroid dienone is 1. The van der Waals surface area contributed by atoms with Crippen molar-refractivity contribution in [1.82, 2.24) is 20.3 Å². The Morgan fingerprint density at radius 3 is 2.65 bits per heavy atom. The summed E-state index contributed by atoms with van der Waals surface area (Å²) in [5.41, 5.74) is 5.66. The van der Waals surface area contributed by atoms with E-state index in [1.807, 2.05) is 6.26 Å². The maximum Gasteiger partial charge on any atom is 0.158 e. The number of halogens is 3. The standard InChI is InChI=1S/C28H38ClF2N5S/c1-17-12-19(10-11-35(17)16-20-8-7-9-21(29)26(20)30)14-22-27(31)23(37-6)15-24(32-22)33-25-13-18(2)36(34-25)28(3,4)5/h7-9,13,15,17,19,25,34H,10-12,14,16H2,1-6H3,(H,32,33)/t17-,19?,25?/m1/s1. The summed E-state index contributed by atoms with van der Waals surface area (Å²) in [6.45, 7) is 12.0. The summed E-state index contributed by atoms with van der Waals surface area (Å²) < 4.78 is 29.8. The third-order valence-corrected chi connectivity index (χ3v) is 8.25. The number of pyridine rings is 1. The molecule has 0 saturated carbocycles. The molecule has 37 heavy (non-hydrogen) atoms. The van der Waals surface area contributed by atoms with Gasteiger partial charge in [0.25, 0.3) is 0 Å². The molecule has 0 radical (unpaired) electrons. The van der Waals surface area contributed by atoms with Crippen molar-refractivity contribution in [2.24, 2.45) is 5.92 Å². The molecule has 202 valence electrons. The number of aromatic nitrogens is 1. The summed E-state index contributed by atoms with van der Waals surface area (Å²) >= 11 is 7.37. The predicted molar refractivity (Wildman–Crippen MR) is 150 cm³/mol. The van der Waals surface area contributed by atoms with Crippen LogP contribution in [0.25, 0.3) is 0 Å². The lowest BCUT2D eigenvalue weighted by atomic mass is 9.87. The first-order valence-electron chi connectivity index (χ1n) is 12.9. The van der Waals surface area contributed by atoms with E-state index in [1.165, 1.54) is 11.8 Å². The lowest BCUT2D eigenvalue weighted by Gasteiger charge is -2.38. The van der Waals surface area contributed by atoms with Crippen LogP contribution in [0.4, 0.5) is 14.6 Å². The minimum atomic E-state index is -0.342. The predicted octanol–water partition coefficient (Wildman–Crippen LogP) is 6.84. The highest BCUT2D eigenvalue weighted by molar-refractivity contribution is 7.98. The number of hydrazine groups is 1. The molecule has 9 heteroatoms. The highest BCUT2D eigenvalue weighted by Crippen LogP contribution is 2.32. The number of anilines is 1. The van der Waals surface area contributed by atoms with Crippen LogP contribution in [-0.2, 0) is 13.0 Å². The molecule has 3 heterocycles. The first kappa shape index (κ1) is 28.1. The zero-order chi connectivity index (χ0) is 26.9. The second-order valence-electron chi connectivity index (χ2n) is 11.2. The van der Waals surface area contributed by atoms with Crippen molar-refractivity contribution in [3.05, 3.63) is 64.0 Å². The number of piperidine rings is 1. The topological polar surface area (TPSA) is 43.4 Å². The third-order valence-electron chi connectivity index (χ3n) is 7.23. The smallest absolute Gasteiger partial charge is 0.158 e. The normalized spacial score (nSPS) is 22.9. The van der Waals surface area contributed by atoms with Crippen molar-refractivity contribution < 1.29 is 8.78 Å². The van der Waals surface area contributed by atoms with E-state index in [2.05, 4.69) is 61.3 Å². The van der Waals surface area contributed by atoms with Crippen LogP contribution < -0.4 is 10.7 Å². The van der Waals surface area contributed by atoms with Crippen LogP contribution in [0, 0.1) is 17.6 Å². The lowest BCUT2D eigenvalue weighted by Crippen LogP contribution is -2.50. The van der Waals surface area contributed by atoms with Crippen molar-refractivity contribution in [2.75, 3.05) is 18.1 Å². The molecule has 1 saturated heterocycles. The summed E-state index contributed by atoms with van der Waals surface area (Å²) in [6, 6.07) is 7.19. The van der Waals surface area contributed by atoms with E-state index in [4.69, 9.17) is 16.6 Å². The summed E-state index contributed by atoms with van der Waals surface area (Å²) in [5, 5.41) is 5.72. The fourth-order valence-electron chi connectivity index (χ4n) is 5.37. The largest absolute Gasteiger partial charge is 0.350 e. The molecule has 0 amide bonds. The molecule has 5 nitrogen and oxygen atoms in total. The van der Waals surface area contributed by atoms with Crippen LogP contribution in [0.2, 0.25) is 5.02 Å². The fourth-order valence-corrected chi connectivity index (χ4v) is 6.09. The monoisotopic (exact) mass is 549 g/mol. The van der Waals surface area contributed by atoms with Gasteiger partial charge in [-0.25, -0.2) is 19.2 Å².